The number of carbonyl (C=O) groups excluding carboxylic acids is 1. The van der Waals surface area contributed by atoms with E-state index in [1.807, 2.05) is 30.3 Å². The normalized spacial score (nSPS) is 11.0. The molecule has 0 spiro atoms. The molecule has 2 nitrogen and oxygen atoms in total. The van der Waals surface area contributed by atoms with Gasteiger partial charge in [0.2, 0.25) is 0 Å². The fourth-order valence-electron chi connectivity index (χ4n) is 4.17. The highest BCUT2D eigenvalue weighted by molar-refractivity contribution is 7.13. The Morgan fingerprint density at radius 3 is 1.88 bits per heavy atom. The smallest absolute Gasteiger partial charge is 0.353 e. The molecule has 0 bridgehead atoms. The third kappa shape index (κ3) is 8.76. The second kappa shape index (κ2) is 14.8. The summed E-state index contributed by atoms with van der Waals surface area (Å²) >= 11 is 1.57. The highest BCUT2D eigenvalue weighted by atomic mass is 32.1. The minimum Gasteiger partial charge on any atom is -0.422 e. The van der Waals surface area contributed by atoms with Crippen LogP contribution in [0.15, 0.2) is 60.7 Å². The van der Waals surface area contributed by atoms with Crippen molar-refractivity contribution in [3.63, 3.8) is 0 Å². The van der Waals surface area contributed by atoms with Crippen LogP contribution in [-0.2, 0) is 12.8 Å². The first-order chi connectivity index (χ1) is 16.7. The number of unbranched alkanes of at least 4 members (excludes halogenated alkanes) is 8. The molecule has 0 fully saturated rings. The Balaban J connectivity index is 1.43. The van der Waals surface area contributed by atoms with Crippen LogP contribution < -0.4 is 4.74 Å². The zero-order valence-electron chi connectivity index (χ0n) is 21.0. The van der Waals surface area contributed by atoms with Gasteiger partial charge in [0.25, 0.3) is 0 Å². The van der Waals surface area contributed by atoms with Gasteiger partial charge in [-0.05, 0) is 66.6 Å². The fourth-order valence-corrected chi connectivity index (χ4v) is 5.10. The second-order valence-corrected chi connectivity index (χ2v) is 10.4. The van der Waals surface area contributed by atoms with Gasteiger partial charge in [-0.2, -0.15) is 0 Å². The van der Waals surface area contributed by atoms with Gasteiger partial charge in [0.15, 0.2) is 0 Å². The van der Waals surface area contributed by atoms with E-state index in [-0.39, 0.29) is 5.97 Å². The van der Waals surface area contributed by atoms with Crippen molar-refractivity contribution < 1.29 is 9.53 Å². The van der Waals surface area contributed by atoms with E-state index < -0.39 is 0 Å². The van der Waals surface area contributed by atoms with Gasteiger partial charge in [-0.3, -0.25) is 0 Å². The maximum atomic E-state index is 12.6. The summed E-state index contributed by atoms with van der Waals surface area (Å²) in [5.41, 5.74) is 3.70. The lowest BCUT2D eigenvalue weighted by atomic mass is 10.0. The van der Waals surface area contributed by atoms with Gasteiger partial charge in [-0.25, -0.2) is 4.79 Å². The molecule has 0 N–H and O–H groups in total. The molecular formula is C31H40O2S. The second-order valence-electron chi connectivity index (χ2n) is 9.21. The van der Waals surface area contributed by atoms with Crippen LogP contribution in [0.4, 0.5) is 0 Å². The predicted octanol–water partition coefficient (Wildman–Crippen LogP) is 9.66. The number of rotatable bonds is 15. The number of benzene rings is 2. The molecule has 1 aromatic heterocycles. The molecule has 2 aromatic carbocycles. The van der Waals surface area contributed by atoms with Crippen LogP contribution >= 0.6 is 11.3 Å². The standard InChI is InChI=1S/C31H40O2S/c1-3-5-7-8-9-10-11-12-14-29-23-24-30(34-29)31(32)33-28-21-19-27(20-22-28)26-17-15-25(16-18-26)13-6-4-2/h15-24H,3-14H2,1-2H3. The summed E-state index contributed by atoms with van der Waals surface area (Å²) < 4.78 is 5.63. The Bertz CT molecular complexity index is 969. The Morgan fingerprint density at radius 2 is 1.24 bits per heavy atom. The molecule has 1 heterocycles. The molecule has 0 saturated carbocycles. The van der Waals surface area contributed by atoms with Crippen LogP contribution in [0.1, 0.15) is 98.2 Å². The van der Waals surface area contributed by atoms with Crippen molar-refractivity contribution in [3.8, 4) is 16.9 Å². The first-order valence-electron chi connectivity index (χ1n) is 13.2. The molecule has 0 aliphatic rings. The molecule has 182 valence electrons. The molecule has 0 unspecified atom stereocenters. The lowest BCUT2D eigenvalue weighted by Crippen LogP contribution is -2.06. The monoisotopic (exact) mass is 476 g/mol. The number of hydrogen-bond donors (Lipinski definition) is 0. The molecule has 3 heteroatoms. The number of carbonyl (C=O) groups is 1. The number of ether oxygens (including phenoxy) is 1. The Kier molecular flexibility index (Phi) is 11.4. The van der Waals surface area contributed by atoms with E-state index in [0.717, 1.165) is 18.4 Å². The lowest BCUT2D eigenvalue weighted by Gasteiger charge is -2.06. The van der Waals surface area contributed by atoms with E-state index in [9.17, 15) is 4.79 Å². The third-order valence-corrected chi connectivity index (χ3v) is 7.44. The maximum absolute atomic E-state index is 12.6. The number of hydrogen-bond acceptors (Lipinski definition) is 3. The molecule has 34 heavy (non-hydrogen) atoms. The topological polar surface area (TPSA) is 26.3 Å². The average Bonchev–Trinajstić information content (AvgIpc) is 3.34. The zero-order chi connectivity index (χ0) is 24.0. The van der Waals surface area contributed by atoms with Crippen LogP contribution in [0.2, 0.25) is 0 Å². The molecule has 0 aliphatic carbocycles. The van der Waals surface area contributed by atoms with E-state index in [4.69, 9.17) is 4.74 Å². The van der Waals surface area contributed by atoms with Gasteiger partial charge >= 0.3 is 5.97 Å². The average molecular weight is 477 g/mol. The predicted molar refractivity (Wildman–Crippen MR) is 146 cm³/mol. The molecule has 0 saturated heterocycles. The minimum atomic E-state index is -0.264. The summed E-state index contributed by atoms with van der Waals surface area (Å²) in [6.07, 6.45) is 15.2. The molecular weight excluding hydrogens is 436 g/mol. The van der Waals surface area contributed by atoms with E-state index in [2.05, 4.69) is 44.2 Å². The largest absolute Gasteiger partial charge is 0.422 e. The van der Waals surface area contributed by atoms with E-state index in [1.54, 1.807) is 11.3 Å². The van der Waals surface area contributed by atoms with E-state index in [1.165, 1.54) is 80.2 Å². The van der Waals surface area contributed by atoms with Gasteiger partial charge in [-0.1, -0.05) is 102 Å². The van der Waals surface area contributed by atoms with E-state index in [0.29, 0.717) is 10.6 Å². The molecule has 0 atom stereocenters. The van der Waals surface area contributed by atoms with Gasteiger partial charge in [0.1, 0.15) is 10.6 Å². The van der Waals surface area contributed by atoms with Crippen molar-refractivity contribution in [2.75, 3.05) is 0 Å². The summed E-state index contributed by atoms with van der Waals surface area (Å²) in [7, 11) is 0. The van der Waals surface area contributed by atoms with Crippen molar-refractivity contribution >= 4 is 17.3 Å². The van der Waals surface area contributed by atoms with Gasteiger partial charge in [-0.15, -0.1) is 11.3 Å². The minimum absolute atomic E-state index is 0.264. The van der Waals surface area contributed by atoms with Crippen molar-refractivity contribution in [2.24, 2.45) is 0 Å². The molecule has 3 aromatic rings. The molecule has 3 rings (SSSR count). The first-order valence-corrected chi connectivity index (χ1v) is 14.0. The Labute approximate surface area is 210 Å². The highest BCUT2D eigenvalue weighted by Crippen LogP contribution is 2.25. The van der Waals surface area contributed by atoms with Crippen LogP contribution in [-0.4, -0.2) is 5.97 Å². The molecule has 0 aliphatic heterocycles. The summed E-state index contributed by atoms with van der Waals surface area (Å²) in [6.45, 7) is 4.48. The quantitative estimate of drug-likeness (QED) is 0.124. The van der Waals surface area contributed by atoms with Crippen molar-refractivity contribution in [1.82, 2.24) is 0 Å². The van der Waals surface area contributed by atoms with Crippen molar-refractivity contribution in [1.29, 1.82) is 0 Å². The summed E-state index contributed by atoms with van der Waals surface area (Å²) in [4.78, 5) is 14.6. The fraction of sp³-hybridized carbons (Fsp3) is 0.452. The zero-order valence-corrected chi connectivity index (χ0v) is 21.8. The third-order valence-electron chi connectivity index (χ3n) is 6.31. The van der Waals surface area contributed by atoms with E-state index >= 15 is 0 Å². The SMILES string of the molecule is CCCCCCCCCCc1ccc(C(=O)Oc2ccc(-c3ccc(CCCC)cc3)cc2)s1. The number of esters is 1. The van der Waals surface area contributed by atoms with Crippen LogP contribution in [0.5, 0.6) is 5.75 Å². The first kappa shape index (κ1) is 26.2. The van der Waals surface area contributed by atoms with Crippen molar-refractivity contribution in [2.45, 2.75) is 90.9 Å². The van der Waals surface area contributed by atoms with Gasteiger partial charge < -0.3 is 4.74 Å². The number of thiophene rings is 1. The molecule has 0 radical (unpaired) electrons. The number of aryl methyl sites for hydroxylation is 2. The Hall–Kier alpha value is -2.39. The highest BCUT2D eigenvalue weighted by Gasteiger charge is 2.12. The van der Waals surface area contributed by atoms with Gasteiger partial charge in [0.05, 0.1) is 0 Å². The molecule has 0 amide bonds. The lowest BCUT2D eigenvalue weighted by molar-refractivity contribution is 0.0740. The summed E-state index contributed by atoms with van der Waals surface area (Å²) in [5.74, 6) is 0.326. The van der Waals surface area contributed by atoms with Crippen LogP contribution in [0.3, 0.4) is 0 Å². The maximum Gasteiger partial charge on any atom is 0.353 e. The van der Waals surface area contributed by atoms with Crippen LogP contribution in [0, 0.1) is 0 Å². The Morgan fingerprint density at radius 1 is 0.647 bits per heavy atom. The van der Waals surface area contributed by atoms with Gasteiger partial charge in [0, 0.05) is 4.88 Å². The summed E-state index contributed by atoms with van der Waals surface area (Å²) in [5, 5.41) is 0. The van der Waals surface area contributed by atoms with Crippen molar-refractivity contribution in [3.05, 3.63) is 76.0 Å². The van der Waals surface area contributed by atoms with Crippen LogP contribution in [0.25, 0.3) is 11.1 Å². The summed E-state index contributed by atoms with van der Waals surface area (Å²) in [6, 6.07) is 20.6.